The van der Waals surface area contributed by atoms with Crippen molar-refractivity contribution in [2.24, 2.45) is 11.3 Å². The topological polar surface area (TPSA) is 52.7 Å². The third kappa shape index (κ3) is 3.13. The molecule has 27 heavy (non-hydrogen) atoms. The molecule has 0 aromatic heterocycles. The zero-order chi connectivity index (χ0) is 19.0. The molecule has 3 aliphatic rings. The first-order chi connectivity index (χ1) is 13.0. The van der Waals surface area contributed by atoms with E-state index in [1.165, 1.54) is 0 Å². The molecule has 1 aromatic carbocycles. The van der Waals surface area contributed by atoms with E-state index < -0.39 is 0 Å². The molecule has 1 N–H and O–H groups in total. The highest BCUT2D eigenvalue weighted by Crippen LogP contribution is 2.50. The minimum absolute atomic E-state index is 0.0527. The third-order valence-corrected chi connectivity index (χ3v) is 6.32. The fraction of sp³-hybridized carbons (Fsp3) is 0.545. The van der Waals surface area contributed by atoms with Gasteiger partial charge in [0.2, 0.25) is 5.91 Å². The fourth-order valence-electron chi connectivity index (χ4n) is 5.17. The van der Waals surface area contributed by atoms with E-state index in [9.17, 15) is 9.59 Å². The number of anilines is 2. The van der Waals surface area contributed by atoms with Crippen LogP contribution in [0.25, 0.3) is 0 Å². The lowest BCUT2D eigenvalue weighted by Gasteiger charge is -2.58. The Morgan fingerprint density at radius 1 is 1.19 bits per heavy atom. The predicted molar refractivity (Wildman–Crippen MR) is 108 cm³/mol. The maximum atomic E-state index is 13.1. The van der Waals surface area contributed by atoms with Crippen molar-refractivity contribution in [2.45, 2.75) is 52.0 Å². The number of nitrogens with zero attached hydrogens (tertiary/aromatic N) is 2. The van der Waals surface area contributed by atoms with E-state index in [-0.39, 0.29) is 23.4 Å². The highest BCUT2D eigenvalue weighted by molar-refractivity contribution is 6.01. The van der Waals surface area contributed by atoms with Gasteiger partial charge in [-0.25, -0.2) is 4.79 Å². The van der Waals surface area contributed by atoms with E-state index >= 15 is 0 Å². The largest absolute Gasteiger partial charge is 0.322 e. The van der Waals surface area contributed by atoms with Crippen molar-refractivity contribution in [1.82, 2.24) is 4.90 Å². The van der Waals surface area contributed by atoms with Gasteiger partial charge in [-0.15, -0.1) is 0 Å². The highest BCUT2D eigenvalue weighted by atomic mass is 16.2. The van der Waals surface area contributed by atoms with Gasteiger partial charge in [0.25, 0.3) is 0 Å². The second-order valence-corrected chi connectivity index (χ2v) is 8.51. The Labute approximate surface area is 161 Å². The summed E-state index contributed by atoms with van der Waals surface area (Å²) in [5.74, 6) is 0.561. The molecule has 144 valence electrons. The van der Waals surface area contributed by atoms with Crippen molar-refractivity contribution in [2.75, 3.05) is 23.3 Å². The molecule has 0 saturated carbocycles. The number of allylic oxidation sites excluding steroid dienone is 2. The van der Waals surface area contributed by atoms with E-state index in [1.54, 1.807) is 0 Å². The Bertz CT molecular complexity index is 763. The lowest BCUT2D eigenvalue weighted by Crippen LogP contribution is -2.68. The van der Waals surface area contributed by atoms with E-state index in [0.29, 0.717) is 12.3 Å². The summed E-state index contributed by atoms with van der Waals surface area (Å²) in [5.41, 5.74) is 1.77. The number of hydrogen-bond donors (Lipinski definition) is 1. The van der Waals surface area contributed by atoms with Crippen LogP contribution in [0.2, 0.25) is 0 Å². The first kappa shape index (κ1) is 18.1. The van der Waals surface area contributed by atoms with Gasteiger partial charge in [-0.3, -0.25) is 4.79 Å². The number of piperidine rings is 1. The molecule has 2 aliphatic heterocycles. The number of para-hydroxylation sites is 2. The number of hydrogen-bond acceptors (Lipinski definition) is 2. The van der Waals surface area contributed by atoms with E-state index in [2.05, 4.69) is 31.3 Å². The fourth-order valence-corrected chi connectivity index (χ4v) is 5.17. The summed E-state index contributed by atoms with van der Waals surface area (Å²) in [5, 5.41) is 3.09. The standard InChI is InChI=1S/C22H29N3O2/c1-16(2)20-22(12-6-7-13-22)15-25(20)21(27)23-17-9-3-4-10-18(17)24-14-8-5-11-19(24)26/h3-4,6-7,9-10,16,20H,5,8,11-15H2,1-2H3,(H,23,27). The lowest BCUT2D eigenvalue weighted by atomic mass is 9.65. The monoisotopic (exact) mass is 367 g/mol. The van der Waals surface area contributed by atoms with Gasteiger partial charge in [-0.1, -0.05) is 38.1 Å². The number of amides is 3. The molecule has 1 aliphatic carbocycles. The van der Waals surface area contributed by atoms with Gasteiger partial charge >= 0.3 is 6.03 Å². The number of likely N-dealkylation sites (tertiary alicyclic amines) is 1. The maximum absolute atomic E-state index is 13.1. The minimum Gasteiger partial charge on any atom is -0.320 e. The molecule has 1 aromatic rings. The average Bonchev–Trinajstić information content (AvgIpc) is 3.12. The van der Waals surface area contributed by atoms with Crippen molar-refractivity contribution in [1.29, 1.82) is 0 Å². The van der Waals surface area contributed by atoms with E-state index in [0.717, 1.165) is 50.1 Å². The van der Waals surface area contributed by atoms with Gasteiger partial charge in [0.05, 0.1) is 11.4 Å². The Morgan fingerprint density at radius 3 is 2.63 bits per heavy atom. The van der Waals surface area contributed by atoms with Crippen molar-refractivity contribution in [3.05, 3.63) is 36.4 Å². The molecular formula is C22H29N3O2. The van der Waals surface area contributed by atoms with Gasteiger partial charge < -0.3 is 15.1 Å². The van der Waals surface area contributed by atoms with Crippen LogP contribution < -0.4 is 10.2 Å². The molecule has 1 unspecified atom stereocenters. The molecule has 2 saturated heterocycles. The zero-order valence-electron chi connectivity index (χ0n) is 16.3. The molecule has 0 radical (unpaired) electrons. The summed E-state index contributed by atoms with van der Waals surface area (Å²) in [6.45, 7) is 5.92. The van der Waals surface area contributed by atoms with Gasteiger partial charge in [-0.05, 0) is 43.7 Å². The number of carbonyl (C=O) groups excluding carboxylic acids is 2. The van der Waals surface area contributed by atoms with Crippen LogP contribution in [0.5, 0.6) is 0 Å². The van der Waals surface area contributed by atoms with Crippen LogP contribution in [-0.2, 0) is 4.79 Å². The number of benzene rings is 1. The van der Waals surface area contributed by atoms with Crippen LogP contribution in [0.1, 0.15) is 46.0 Å². The van der Waals surface area contributed by atoms with Crippen LogP contribution in [0.3, 0.4) is 0 Å². The zero-order valence-corrected chi connectivity index (χ0v) is 16.3. The number of urea groups is 1. The number of nitrogens with one attached hydrogen (secondary N) is 1. The summed E-state index contributed by atoms with van der Waals surface area (Å²) in [4.78, 5) is 29.2. The quantitative estimate of drug-likeness (QED) is 0.805. The summed E-state index contributed by atoms with van der Waals surface area (Å²) in [6.07, 6.45) is 9.18. The van der Waals surface area contributed by atoms with Crippen molar-refractivity contribution in [3.63, 3.8) is 0 Å². The van der Waals surface area contributed by atoms with E-state index in [4.69, 9.17) is 0 Å². The molecule has 2 heterocycles. The third-order valence-electron chi connectivity index (χ3n) is 6.32. The number of rotatable bonds is 3. The highest BCUT2D eigenvalue weighted by Gasteiger charge is 2.55. The van der Waals surface area contributed by atoms with Gasteiger partial charge in [-0.2, -0.15) is 0 Å². The summed E-state index contributed by atoms with van der Waals surface area (Å²) in [7, 11) is 0. The maximum Gasteiger partial charge on any atom is 0.322 e. The first-order valence-corrected chi connectivity index (χ1v) is 10.1. The molecule has 5 heteroatoms. The summed E-state index contributed by atoms with van der Waals surface area (Å²) in [6, 6.07) is 7.86. The average molecular weight is 367 g/mol. The first-order valence-electron chi connectivity index (χ1n) is 10.1. The Balaban J connectivity index is 1.51. The predicted octanol–water partition coefficient (Wildman–Crippen LogP) is 4.41. The van der Waals surface area contributed by atoms with Crippen molar-refractivity contribution < 1.29 is 9.59 Å². The summed E-state index contributed by atoms with van der Waals surface area (Å²) < 4.78 is 0. The SMILES string of the molecule is CC(C)C1N(C(=O)Nc2ccccc2N2CCCCC2=O)CC12CC=CC2. The normalized spacial score (nSPS) is 23.8. The molecule has 3 amide bonds. The number of carbonyl (C=O) groups is 2. The van der Waals surface area contributed by atoms with Crippen LogP contribution in [0.4, 0.5) is 16.2 Å². The van der Waals surface area contributed by atoms with Crippen molar-refractivity contribution in [3.8, 4) is 0 Å². The smallest absolute Gasteiger partial charge is 0.320 e. The second kappa shape index (κ2) is 7.02. The lowest BCUT2D eigenvalue weighted by molar-refractivity contribution is -0.119. The van der Waals surface area contributed by atoms with Gasteiger partial charge in [0, 0.05) is 31.0 Å². The molecule has 0 bridgehead atoms. The van der Waals surface area contributed by atoms with Gasteiger partial charge in [0.1, 0.15) is 0 Å². The van der Waals surface area contributed by atoms with Gasteiger partial charge in [0.15, 0.2) is 0 Å². The Hall–Kier alpha value is -2.30. The summed E-state index contributed by atoms with van der Waals surface area (Å²) >= 11 is 0. The molecular weight excluding hydrogens is 338 g/mol. The van der Waals surface area contributed by atoms with Crippen LogP contribution in [0.15, 0.2) is 36.4 Å². The molecule has 1 spiro atoms. The molecule has 5 nitrogen and oxygen atoms in total. The van der Waals surface area contributed by atoms with E-state index in [1.807, 2.05) is 34.1 Å². The Kier molecular flexibility index (Phi) is 4.70. The van der Waals surface area contributed by atoms with Crippen LogP contribution in [0, 0.1) is 11.3 Å². The van der Waals surface area contributed by atoms with Crippen LogP contribution in [-0.4, -0.2) is 36.0 Å². The minimum atomic E-state index is -0.0527. The van der Waals surface area contributed by atoms with Crippen molar-refractivity contribution >= 4 is 23.3 Å². The second-order valence-electron chi connectivity index (χ2n) is 8.51. The van der Waals surface area contributed by atoms with Crippen LogP contribution >= 0.6 is 0 Å². The molecule has 2 fully saturated rings. The Morgan fingerprint density at radius 2 is 1.93 bits per heavy atom. The molecule has 4 rings (SSSR count). The molecule has 1 atom stereocenters.